The summed E-state index contributed by atoms with van der Waals surface area (Å²) in [5.41, 5.74) is 0.612. The van der Waals surface area contributed by atoms with Crippen LogP contribution in [-0.2, 0) is 14.8 Å². The third-order valence-corrected chi connectivity index (χ3v) is 9.02. The number of anilines is 1. The second kappa shape index (κ2) is 10.6. The molecule has 11 heteroatoms. The maximum absolute atomic E-state index is 13.7. The number of fused-ring (bicyclic) bond motifs is 1. The number of likely N-dealkylation sites (tertiary alicyclic amines) is 1. The maximum atomic E-state index is 13.7. The molecule has 0 spiro atoms. The topological polar surface area (TPSA) is 90.4 Å². The van der Waals surface area contributed by atoms with E-state index >= 15 is 0 Å². The molecular weight excluding hydrogens is 469 g/mol. The molecule has 0 saturated carbocycles. The highest BCUT2D eigenvalue weighted by atomic mass is 32.2. The number of likely N-dealkylation sites (N-methyl/N-ethyl adjacent to an activating group) is 2. The lowest BCUT2D eigenvalue weighted by Crippen LogP contribution is -2.46. The Hall–Kier alpha value is -1.82. The molecule has 8 nitrogen and oxygen atoms in total. The van der Waals surface area contributed by atoms with E-state index in [1.165, 1.54) is 22.1 Å². The Labute approximate surface area is 199 Å². The Bertz CT molecular complexity index is 1020. The van der Waals surface area contributed by atoms with Crippen molar-refractivity contribution in [3.8, 4) is 5.75 Å². The average Bonchev–Trinajstić information content (AvgIpc) is 3.19. The van der Waals surface area contributed by atoms with Gasteiger partial charge in [-0.15, -0.1) is 11.8 Å². The lowest BCUT2D eigenvalue weighted by Gasteiger charge is -2.34. The molecule has 3 rings (SSSR count). The molecule has 2 atom stereocenters. The first kappa shape index (κ1) is 25.8. The van der Waals surface area contributed by atoms with Crippen LogP contribution in [0.25, 0.3) is 0 Å². The molecule has 2 heterocycles. The fourth-order valence-corrected chi connectivity index (χ4v) is 6.50. The molecule has 0 amide bonds. The Morgan fingerprint density at radius 3 is 2.64 bits per heavy atom. The smallest absolute Gasteiger partial charge is 0.368 e. The van der Waals surface area contributed by atoms with Crippen LogP contribution in [0, 0.1) is 0 Å². The Kier molecular flexibility index (Phi) is 8.31. The van der Waals surface area contributed by atoms with Gasteiger partial charge in [0.25, 0.3) is 0 Å². The summed E-state index contributed by atoms with van der Waals surface area (Å²) in [7, 11) is -0.190. The largest absolute Gasteiger partial charge is 0.476 e. The Balaban J connectivity index is 2.14. The van der Waals surface area contributed by atoms with E-state index < -0.39 is 21.8 Å². The number of thioether (sulfide) groups is 1. The Morgan fingerprint density at radius 1 is 1.33 bits per heavy atom. The quantitative estimate of drug-likeness (QED) is 0.329. The van der Waals surface area contributed by atoms with Gasteiger partial charge in [-0.05, 0) is 38.8 Å². The van der Waals surface area contributed by atoms with Crippen LogP contribution < -0.4 is 9.64 Å². The number of hydrogen-bond donors (Lipinski definition) is 1. The molecule has 33 heavy (non-hydrogen) atoms. The molecule has 1 N–H and O–H groups in total. The number of carbonyl (C=O) groups is 1. The van der Waals surface area contributed by atoms with E-state index in [-0.39, 0.29) is 22.7 Å². The van der Waals surface area contributed by atoms with Crippen LogP contribution in [0.1, 0.15) is 32.6 Å². The number of carboxylic acid groups (broad SMARTS) is 1. The van der Waals surface area contributed by atoms with Crippen LogP contribution in [0.3, 0.4) is 0 Å². The number of nitrogens with zero attached hydrogens (tertiary/aromatic N) is 3. The summed E-state index contributed by atoms with van der Waals surface area (Å²) in [6.07, 6.45) is 5.87. The van der Waals surface area contributed by atoms with Gasteiger partial charge in [-0.25, -0.2) is 13.2 Å². The third kappa shape index (κ3) is 5.47. The molecule has 0 aromatic heterocycles. The van der Waals surface area contributed by atoms with Crippen molar-refractivity contribution in [2.45, 2.75) is 54.5 Å². The van der Waals surface area contributed by atoms with E-state index in [1.807, 2.05) is 0 Å². The molecule has 184 valence electrons. The molecule has 2 aliphatic rings. The highest BCUT2D eigenvalue weighted by molar-refractivity contribution is 7.98. The molecular formula is C22H32FN3O5S2. The molecule has 1 aromatic rings. The highest BCUT2D eigenvalue weighted by Gasteiger charge is 2.40. The fraction of sp³-hybridized carbons (Fsp3) is 0.591. The van der Waals surface area contributed by atoms with Gasteiger partial charge in [-0.2, -0.15) is 8.70 Å². The second-order valence-corrected chi connectivity index (χ2v) is 11.3. The zero-order chi connectivity index (χ0) is 24.3. The Morgan fingerprint density at radius 2 is 2.06 bits per heavy atom. The van der Waals surface area contributed by atoms with Gasteiger partial charge in [-0.3, -0.25) is 0 Å². The number of ether oxygens (including phenoxy) is 1. The van der Waals surface area contributed by atoms with Crippen LogP contribution in [0.2, 0.25) is 0 Å². The molecule has 0 radical (unpaired) electrons. The minimum atomic E-state index is -3.86. The lowest BCUT2D eigenvalue weighted by atomic mass is 10.1. The van der Waals surface area contributed by atoms with Gasteiger partial charge in [-0.1, -0.05) is 19.8 Å². The summed E-state index contributed by atoms with van der Waals surface area (Å²) in [4.78, 5) is 15.9. The third-order valence-electron chi connectivity index (χ3n) is 6.33. The van der Waals surface area contributed by atoms with Crippen molar-refractivity contribution < 1.29 is 27.4 Å². The van der Waals surface area contributed by atoms with Gasteiger partial charge >= 0.3 is 5.97 Å². The summed E-state index contributed by atoms with van der Waals surface area (Å²) < 4.78 is 47.6. The average molecular weight is 502 g/mol. The first-order chi connectivity index (χ1) is 15.6. The number of benzene rings is 1. The van der Waals surface area contributed by atoms with Crippen LogP contribution in [0.15, 0.2) is 34.0 Å². The second-order valence-electron chi connectivity index (χ2n) is 8.53. The minimum Gasteiger partial charge on any atom is -0.476 e. The summed E-state index contributed by atoms with van der Waals surface area (Å²) in [6.45, 7) is 4.45. The zero-order valence-corrected chi connectivity index (χ0v) is 21.1. The SMILES string of the molecule is CCCC[C@H]1CN(C2CCN(C)C2)c2cc(SC)c(O/C=C(\F)C(=O)O)cc2S(=O)(=O)N1C. The summed E-state index contributed by atoms with van der Waals surface area (Å²) in [6, 6.07) is 3.16. The number of halogens is 1. The predicted octanol–water partition coefficient (Wildman–Crippen LogP) is 3.39. The standard InChI is InChI=1S/C22H32FN3O5S2/c1-5-6-7-15-13-26(16-8-9-24(2)12-16)18-10-20(32-4)19(31-14-17(23)22(27)28)11-21(18)33(29,30)25(15)3/h10-11,14-16H,5-9,12-13H2,1-4H3,(H,27,28)/b17-14-/t15-,16?/m0/s1. The van der Waals surface area contributed by atoms with E-state index in [4.69, 9.17) is 9.84 Å². The number of rotatable bonds is 8. The molecule has 0 bridgehead atoms. The summed E-state index contributed by atoms with van der Waals surface area (Å²) in [5.74, 6) is -3.12. The monoisotopic (exact) mass is 501 g/mol. The highest BCUT2D eigenvalue weighted by Crippen LogP contribution is 2.42. The zero-order valence-electron chi connectivity index (χ0n) is 19.5. The van der Waals surface area contributed by atoms with Gasteiger partial charge in [0, 0.05) is 38.3 Å². The summed E-state index contributed by atoms with van der Waals surface area (Å²) >= 11 is 1.33. The number of aliphatic carboxylic acids is 1. The van der Waals surface area contributed by atoms with Crippen LogP contribution in [-0.4, -0.2) is 80.8 Å². The van der Waals surface area contributed by atoms with E-state index in [9.17, 15) is 17.6 Å². The maximum Gasteiger partial charge on any atom is 0.368 e. The van der Waals surface area contributed by atoms with Gasteiger partial charge in [0.15, 0.2) is 0 Å². The number of hydrogen-bond acceptors (Lipinski definition) is 7. The van der Waals surface area contributed by atoms with E-state index in [0.717, 1.165) is 38.8 Å². The molecule has 1 fully saturated rings. The van der Waals surface area contributed by atoms with Crippen LogP contribution in [0.4, 0.5) is 10.1 Å². The van der Waals surface area contributed by atoms with Crippen LogP contribution in [0.5, 0.6) is 5.75 Å². The molecule has 0 aliphatic carbocycles. The number of unbranched alkanes of at least 4 members (excludes halogenated alkanes) is 1. The molecule has 1 saturated heterocycles. The van der Waals surface area contributed by atoms with Crippen molar-refractivity contribution in [1.82, 2.24) is 9.21 Å². The van der Waals surface area contributed by atoms with Crippen molar-refractivity contribution in [1.29, 1.82) is 0 Å². The first-order valence-electron chi connectivity index (χ1n) is 11.0. The predicted molar refractivity (Wildman–Crippen MR) is 127 cm³/mol. The number of sulfonamides is 1. The number of carboxylic acids is 1. The normalized spacial score (nSPS) is 23.9. The first-order valence-corrected chi connectivity index (χ1v) is 13.7. The lowest BCUT2D eigenvalue weighted by molar-refractivity contribution is -0.134. The molecule has 1 unspecified atom stereocenters. The van der Waals surface area contributed by atoms with E-state index in [2.05, 4.69) is 23.8 Å². The summed E-state index contributed by atoms with van der Waals surface area (Å²) in [5, 5.41) is 8.77. The minimum absolute atomic E-state index is 0.0930. The van der Waals surface area contributed by atoms with E-state index in [1.54, 1.807) is 19.4 Å². The molecule has 2 aliphatic heterocycles. The van der Waals surface area contributed by atoms with Crippen molar-refractivity contribution in [3.63, 3.8) is 0 Å². The van der Waals surface area contributed by atoms with Crippen molar-refractivity contribution in [2.75, 3.05) is 44.9 Å². The van der Waals surface area contributed by atoms with Gasteiger partial charge in [0.05, 0.1) is 10.6 Å². The van der Waals surface area contributed by atoms with Gasteiger partial charge in [0.1, 0.15) is 16.9 Å². The van der Waals surface area contributed by atoms with Crippen molar-refractivity contribution in [3.05, 3.63) is 24.2 Å². The fourth-order valence-electron chi connectivity index (χ4n) is 4.40. The van der Waals surface area contributed by atoms with Crippen molar-refractivity contribution in [2.24, 2.45) is 0 Å². The van der Waals surface area contributed by atoms with E-state index in [0.29, 0.717) is 23.4 Å². The van der Waals surface area contributed by atoms with Gasteiger partial charge in [0.2, 0.25) is 15.9 Å². The van der Waals surface area contributed by atoms with Crippen molar-refractivity contribution >= 4 is 33.4 Å². The van der Waals surface area contributed by atoms with Gasteiger partial charge < -0.3 is 19.6 Å². The van der Waals surface area contributed by atoms with Crippen LogP contribution >= 0.6 is 11.8 Å². The molecule has 1 aromatic carbocycles.